The van der Waals surface area contributed by atoms with Crippen LogP contribution in [0, 0.1) is 13.8 Å². The lowest BCUT2D eigenvalue weighted by atomic mass is 10.1. The SMILES string of the molecule is Cc1cccc(C)c1OC(C)C(=O)N1CCNC(=O)C1CC(=O)OCCc1ccccc1. The first kappa shape index (κ1) is 23.3. The van der Waals surface area contributed by atoms with Gasteiger partial charge in [-0.3, -0.25) is 14.4 Å². The van der Waals surface area contributed by atoms with Crippen molar-refractivity contribution in [1.82, 2.24) is 10.2 Å². The van der Waals surface area contributed by atoms with Crippen molar-refractivity contribution in [3.8, 4) is 5.75 Å². The van der Waals surface area contributed by atoms with E-state index in [-0.39, 0.29) is 24.8 Å². The Morgan fingerprint density at radius 2 is 1.78 bits per heavy atom. The molecule has 2 atom stereocenters. The predicted molar refractivity (Wildman–Crippen MR) is 120 cm³/mol. The number of carbonyl (C=O) groups excluding carboxylic acids is 3. The van der Waals surface area contributed by atoms with Crippen LogP contribution in [0.1, 0.15) is 30.0 Å². The zero-order valence-electron chi connectivity index (χ0n) is 18.8. The second-order valence-electron chi connectivity index (χ2n) is 7.98. The molecular formula is C25H30N2O5. The van der Waals surface area contributed by atoms with E-state index < -0.39 is 18.1 Å². The van der Waals surface area contributed by atoms with Crippen molar-refractivity contribution in [2.75, 3.05) is 19.7 Å². The smallest absolute Gasteiger partial charge is 0.308 e. The van der Waals surface area contributed by atoms with Crippen LogP contribution in [0.2, 0.25) is 0 Å². The lowest BCUT2D eigenvalue weighted by molar-refractivity contribution is -0.154. The molecule has 1 N–H and O–H groups in total. The van der Waals surface area contributed by atoms with E-state index in [9.17, 15) is 14.4 Å². The molecule has 0 saturated carbocycles. The summed E-state index contributed by atoms with van der Waals surface area (Å²) in [4.78, 5) is 39.4. The molecule has 0 aromatic heterocycles. The van der Waals surface area contributed by atoms with Gasteiger partial charge >= 0.3 is 5.97 Å². The molecular weight excluding hydrogens is 408 g/mol. The molecule has 0 aliphatic carbocycles. The van der Waals surface area contributed by atoms with Gasteiger partial charge in [0.25, 0.3) is 5.91 Å². The molecule has 2 unspecified atom stereocenters. The molecule has 1 aliphatic heterocycles. The first-order valence-corrected chi connectivity index (χ1v) is 10.9. The second-order valence-corrected chi connectivity index (χ2v) is 7.98. The van der Waals surface area contributed by atoms with E-state index in [1.165, 1.54) is 4.90 Å². The number of rotatable bonds is 8. The van der Waals surface area contributed by atoms with Gasteiger partial charge in [0.1, 0.15) is 11.8 Å². The van der Waals surface area contributed by atoms with Crippen molar-refractivity contribution in [2.45, 2.75) is 45.8 Å². The molecule has 2 aromatic carbocycles. The molecule has 0 radical (unpaired) electrons. The van der Waals surface area contributed by atoms with E-state index in [0.29, 0.717) is 25.3 Å². The van der Waals surface area contributed by atoms with Gasteiger partial charge in [-0.1, -0.05) is 48.5 Å². The van der Waals surface area contributed by atoms with Gasteiger partial charge in [0.15, 0.2) is 6.10 Å². The molecule has 0 spiro atoms. The Morgan fingerprint density at radius 1 is 1.09 bits per heavy atom. The number of aryl methyl sites for hydroxylation is 2. The third-order valence-electron chi connectivity index (χ3n) is 5.52. The normalized spacial score (nSPS) is 16.8. The van der Waals surface area contributed by atoms with Crippen molar-refractivity contribution in [3.63, 3.8) is 0 Å². The van der Waals surface area contributed by atoms with Crippen molar-refractivity contribution < 1.29 is 23.9 Å². The van der Waals surface area contributed by atoms with Gasteiger partial charge < -0.3 is 19.7 Å². The summed E-state index contributed by atoms with van der Waals surface area (Å²) in [6.07, 6.45) is -0.396. The van der Waals surface area contributed by atoms with Gasteiger partial charge in [-0.05, 0) is 37.5 Å². The van der Waals surface area contributed by atoms with Gasteiger partial charge in [0.2, 0.25) is 5.91 Å². The van der Waals surface area contributed by atoms with Crippen molar-refractivity contribution in [1.29, 1.82) is 0 Å². The molecule has 3 rings (SSSR count). The quantitative estimate of drug-likeness (QED) is 0.641. The summed E-state index contributed by atoms with van der Waals surface area (Å²) < 4.78 is 11.3. The highest BCUT2D eigenvalue weighted by Crippen LogP contribution is 2.24. The summed E-state index contributed by atoms with van der Waals surface area (Å²) in [5.74, 6) is -0.538. The molecule has 1 heterocycles. The van der Waals surface area contributed by atoms with Crippen LogP contribution < -0.4 is 10.1 Å². The number of ether oxygens (including phenoxy) is 2. The van der Waals surface area contributed by atoms with Crippen molar-refractivity contribution in [3.05, 3.63) is 65.2 Å². The fourth-order valence-corrected chi connectivity index (χ4v) is 3.77. The average Bonchev–Trinajstić information content (AvgIpc) is 2.78. The highest BCUT2D eigenvalue weighted by atomic mass is 16.5. The number of nitrogens with one attached hydrogen (secondary N) is 1. The van der Waals surface area contributed by atoms with E-state index in [2.05, 4.69) is 5.32 Å². The molecule has 1 saturated heterocycles. The molecule has 2 aromatic rings. The van der Waals surface area contributed by atoms with Crippen molar-refractivity contribution in [2.24, 2.45) is 0 Å². The number of hydrogen-bond donors (Lipinski definition) is 1. The Hall–Kier alpha value is -3.35. The van der Waals surface area contributed by atoms with E-state index in [4.69, 9.17) is 9.47 Å². The number of para-hydroxylation sites is 1. The van der Waals surface area contributed by atoms with Crippen molar-refractivity contribution >= 4 is 17.8 Å². The average molecular weight is 439 g/mol. The Balaban J connectivity index is 1.60. The lowest BCUT2D eigenvalue weighted by Gasteiger charge is -2.36. The fraction of sp³-hybridized carbons (Fsp3) is 0.400. The summed E-state index contributed by atoms with van der Waals surface area (Å²) in [5.41, 5.74) is 2.92. The number of piperazine rings is 1. The summed E-state index contributed by atoms with van der Waals surface area (Å²) in [6, 6.07) is 14.5. The minimum Gasteiger partial charge on any atom is -0.480 e. The van der Waals surface area contributed by atoms with E-state index >= 15 is 0 Å². The topological polar surface area (TPSA) is 84.9 Å². The molecule has 170 valence electrons. The Bertz CT molecular complexity index is 940. The minimum atomic E-state index is -0.913. The van der Waals surface area contributed by atoms with Gasteiger partial charge in [-0.15, -0.1) is 0 Å². The number of benzene rings is 2. The zero-order chi connectivity index (χ0) is 23.1. The Morgan fingerprint density at radius 3 is 2.47 bits per heavy atom. The van der Waals surface area contributed by atoms with E-state index in [0.717, 1.165) is 16.7 Å². The van der Waals surface area contributed by atoms with Crippen LogP contribution in [0.4, 0.5) is 0 Å². The Kier molecular flexibility index (Phi) is 7.87. The van der Waals surface area contributed by atoms with Crippen LogP contribution in [-0.2, 0) is 25.5 Å². The van der Waals surface area contributed by atoms with Gasteiger partial charge in [-0.25, -0.2) is 0 Å². The minimum absolute atomic E-state index is 0.192. The predicted octanol–water partition coefficient (Wildman–Crippen LogP) is 2.57. The van der Waals surface area contributed by atoms with Crippen LogP contribution >= 0.6 is 0 Å². The summed E-state index contributed by atoms with van der Waals surface area (Å²) in [7, 11) is 0. The molecule has 0 bridgehead atoms. The van der Waals surface area contributed by atoms with Crippen LogP contribution in [0.15, 0.2) is 48.5 Å². The number of nitrogens with zero attached hydrogens (tertiary/aromatic N) is 1. The van der Waals surface area contributed by atoms with Crippen LogP contribution in [0.3, 0.4) is 0 Å². The largest absolute Gasteiger partial charge is 0.480 e. The molecule has 32 heavy (non-hydrogen) atoms. The highest BCUT2D eigenvalue weighted by molar-refractivity contribution is 5.93. The fourth-order valence-electron chi connectivity index (χ4n) is 3.77. The number of hydrogen-bond acceptors (Lipinski definition) is 5. The summed E-state index contributed by atoms with van der Waals surface area (Å²) in [6.45, 7) is 6.37. The first-order valence-electron chi connectivity index (χ1n) is 10.9. The summed E-state index contributed by atoms with van der Waals surface area (Å²) >= 11 is 0. The van der Waals surface area contributed by atoms with E-state index in [1.54, 1.807) is 6.92 Å². The summed E-state index contributed by atoms with van der Waals surface area (Å²) in [5, 5.41) is 2.73. The highest BCUT2D eigenvalue weighted by Gasteiger charge is 2.37. The molecule has 7 heteroatoms. The molecule has 1 fully saturated rings. The van der Waals surface area contributed by atoms with Crippen LogP contribution in [0.5, 0.6) is 5.75 Å². The lowest BCUT2D eigenvalue weighted by Crippen LogP contribution is -2.60. The molecule has 7 nitrogen and oxygen atoms in total. The maximum absolute atomic E-state index is 13.1. The van der Waals surface area contributed by atoms with Gasteiger partial charge in [0, 0.05) is 19.5 Å². The monoisotopic (exact) mass is 438 g/mol. The van der Waals surface area contributed by atoms with Gasteiger partial charge in [0.05, 0.1) is 13.0 Å². The second kappa shape index (κ2) is 10.8. The maximum atomic E-state index is 13.1. The standard InChI is InChI=1S/C25H30N2O5/c1-17-8-7-9-18(2)23(17)32-19(3)25(30)27-14-13-26-24(29)21(27)16-22(28)31-15-12-20-10-5-4-6-11-20/h4-11,19,21H,12-16H2,1-3H3,(H,26,29). The first-order chi connectivity index (χ1) is 15.4. The van der Waals surface area contributed by atoms with Crippen LogP contribution in [-0.4, -0.2) is 54.5 Å². The molecule has 2 amide bonds. The number of carbonyl (C=O) groups is 3. The van der Waals surface area contributed by atoms with E-state index in [1.807, 2.05) is 62.4 Å². The third kappa shape index (κ3) is 5.87. The zero-order valence-corrected chi connectivity index (χ0v) is 18.8. The Labute approximate surface area is 188 Å². The third-order valence-corrected chi connectivity index (χ3v) is 5.52. The van der Waals surface area contributed by atoms with Gasteiger partial charge in [-0.2, -0.15) is 0 Å². The number of amides is 2. The maximum Gasteiger partial charge on any atom is 0.308 e. The molecule has 1 aliphatic rings. The number of esters is 1. The van der Waals surface area contributed by atoms with Crippen LogP contribution in [0.25, 0.3) is 0 Å².